The number of hydrogen-bond donors (Lipinski definition) is 1. The highest BCUT2D eigenvalue weighted by molar-refractivity contribution is 6.30. The van der Waals surface area contributed by atoms with Crippen molar-refractivity contribution in [1.82, 2.24) is 0 Å². The highest BCUT2D eigenvalue weighted by Crippen LogP contribution is 2.35. The predicted molar refractivity (Wildman–Crippen MR) is 83.1 cm³/mol. The molecule has 1 heterocycles. The number of nitrogens with one attached hydrogen (secondary N) is 1. The van der Waals surface area contributed by atoms with Gasteiger partial charge in [-0.25, -0.2) is 0 Å². The van der Waals surface area contributed by atoms with Crippen LogP contribution in [-0.4, -0.2) is 6.54 Å². The van der Waals surface area contributed by atoms with Crippen LogP contribution in [-0.2, 0) is 6.42 Å². The summed E-state index contributed by atoms with van der Waals surface area (Å²) in [6, 6.07) is 4.22. The quantitative estimate of drug-likeness (QED) is 0.783. The van der Waals surface area contributed by atoms with Crippen molar-refractivity contribution >= 4 is 17.3 Å². The van der Waals surface area contributed by atoms with Gasteiger partial charge in [0.1, 0.15) is 0 Å². The average Bonchev–Trinajstić information content (AvgIpc) is 2.39. The molecular formula is C17H24ClN. The van der Waals surface area contributed by atoms with E-state index in [1.807, 2.05) is 0 Å². The van der Waals surface area contributed by atoms with Gasteiger partial charge in [0.2, 0.25) is 0 Å². The molecule has 1 atom stereocenters. The van der Waals surface area contributed by atoms with Crippen molar-refractivity contribution in [3.63, 3.8) is 0 Å². The van der Waals surface area contributed by atoms with Crippen molar-refractivity contribution in [2.75, 3.05) is 11.9 Å². The lowest BCUT2D eigenvalue weighted by Gasteiger charge is -2.31. The van der Waals surface area contributed by atoms with Crippen molar-refractivity contribution in [3.8, 4) is 0 Å². The lowest BCUT2D eigenvalue weighted by atomic mass is 9.79. The van der Waals surface area contributed by atoms with Crippen LogP contribution in [0.15, 0.2) is 12.1 Å². The molecule has 3 rings (SSSR count). The Morgan fingerprint density at radius 2 is 1.95 bits per heavy atom. The van der Waals surface area contributed by atoms with Crippen LogP contribution in [0.3, 0.4) is 0 Å². The first-order chi connectivity index (χ1) is 9.22. The summed E-state index contributed by atoms with van der Waals surface area (Å²) < 4.78 is 0. The summed E-state index contributed by atoms with van der Waals surface area (Å²) >= 11 is 6.19. The molecule has 2 aliphatic rings. The van der Waals surface area contributed by atoms with E-state index in [1.54, 1.807) is 0 Å². The third-order valence-corrected chi connectivity index (χ3v) is 5.07. The molecule has 1 nitrogen and oxygen atoms in total. The van der Waals surface area contributed by atoms with Gasteiger partial charge < -0.3 is 5.32 Å². The first-order valence-electron chi connectivity index (χ1n) is 7.75. The third kappa shape index (κ3) is 3.08. The Hall–Kier alpha value is -0.690. The van der Waals surface area contributed by atoms with Crippen LogP contribution in [0.5, 0.6) is 0 Å². The molecule has 0 amide bonds. The minimum atomic E-state index is 0.800. The van der Waals surface area contributed by atoms with E-state index in [0.717, 1.165) is 23.4 Å². The fraction of sp³-hybridized carbons (Fsp3) is 0.647. The highest BCUT2D eigenvalue weighted by atomic mass is 35.5. The molecular weight excluding hydrogens is 254 g/mol. The Labute approximate surface area is 121 Å². The largest absolute Gasteiger partial charge is 0.384 e. The number of halogens is 1. The van der Waals surface area contributed by atoms with E-state index in [2.05, 4.69) is 24.4 Å². The number of aryl methyl sites for hydroxylation is 1. The number of fused-ring (bicyclic) bond motifs is 1. The molecule has 1 aromatic rings. The van der Waals surface area contributed by atoms with Gasteiger partial charge in [-0.1, -0.05) is 43.7 Å². The summed E-state index contributed by atoms with van der Waals surface area (Å²) in [5.41, 5.74) is 4.06. The van der Waals surface area contributed by atoms with Crippen LogP contribution in [0.1, 0.15) is 49.7 Å². The van der Waals surface area contributed by atoms with E-state index in [1.165, 1.54) is 61.8 Å². The van der Waals surface area contributed by atoms with Gasteiger partial charge in [-0.3, -0.25) is 0 Å². The van der Waals surface area contributed by atoms with Gasteiger partial charge >= 0.3 is 0 Å². The Morgan fingerprint density at radius 3 is 2.74 bits per heavy atom. The topological polar surface area (TPSA) is 12.0 Å². The van der Waals surface area contributed by atoms with E-state index < -0.39 is 0 Å². The zero-order chi connectivity index (χ0) is 13.2. The maximum Gasteiger partial charge on any atom is 0.0412 e. The average molecular weight is 278 g/mol. The molecule has 1 N–H and O–H groups in total. The third-order valence-electron chi connectivity index (χ3n) is 4.85. The Balaban J connectivity index is 1.67. The summed E-state index contributed by atoms with van der Waals surface area (Å²) in [6.45, 7) is 3.30. The van der Waals surface area contributed by atoms with Crippen molar-refractivity contribution in [2.24, 2.45) is 11.8 Å². The van der Waals surface area contributed by atoms with Crippen LogP contribution in [0, 0.1) is 18.8 Å². The lowest BCUT2D eigenvalue weighted by Crippen LogP contribution is -2.26. The Kier molecular flexibility index (Phi) is 4.02. The first-order valence-corrected chi connectivity index (χ1v) is 8.13. The van der Waals surface area contributed by atoms with Crippen molar-refractivity contribution in [3.05, 3.63) is 28.3 Å². The van der Waals surface area contributed by atoms with Gasteiger partial charge in [-0.2, -0.15) is 0 Å². The van der Waals surface area contributed by atoms with Crippen LogP contribution in [0.2, 0.25) is 5.02 Å². The fourth-order valence-electron chi connectivity index (χ4n) is 3.92. The van der Waals surface area contributed by atoms with E-state index >= 15 is 0 Å². The van der Waals surface area contributed by atoms with Gasteiger partial charge in [-0.15, -0.1) is 0 Å². The summed E-state index contributed by atoms with van der Waals surface area (Å²) in [5, 5.41) is 4.52. The summed E-state index contributed by atoms with van der Waals surface area (Å²) in [7, 11) is 0. The molecule has 1 saturated carbocycles. The van der Waals surface area contributed by atoms with E-state index in [4.69, 9.17) is 11.6 Å². The van der Waals surface area contributed by atoms with Gasteiger partial charge in [0.05, 0.1) is 0 Å². The van der Waals surface area contributed by atoms with E-state index in [0.29, 0.717) is 0 Å². The maximum absolute atomic E-state index is 6.19. The van der Waals surface area contributed by atoms with Crippen molar-refractivity contribution in [2.45, 2.75) is 51.9 Å². The van der Waals surface area contributed by atoms with Crippen LogP contribution in [0.4, 0.5) is 5.69 Å². The van der Waals surface area contributed by atoms with Crippen LogP contribution in [0.25, 0.3) is 0 Å². The molecule has 0 aromatic heterocycles. The second-order valence-corrected chi connectivity index (χ2v) is 6.88. The number of anilines is 1. The molecule has 1 aliphatic carbocycles. The highest BCUT2D eigenvalue weighted by Gasteiger charge is 2.24. The fourth-order valence-corrected chi connectivity index (χ4v) is 4.21. The molecule has 0 saturated heterocycles. The zero-order valence-electron chi connectivity index (χ0n) is 11.8. The normalized spacial score (nSPS) is 23.8. The molecule has 1 aromatic carbocycles. The molecule has 0 radical (unpaired) electrons. The minimum absolute atomic E-state index is 0.800. The molecule has 0 spiro atoms. The second kappa shape index (κ2) is 5.75. The Morgan fingerprint density at radius 1 is 1.16 bits per heavy atom. The number of hydrogen-bond acceptors (Lipinski definition) is 1. The molecule has 1 aliphatic heterocycles. The predicted octanol–water partition coefficient (Wildman–Crippen LogP) is 5.20. The number of benzene rings is 1. The van der Waals surface area contributed by atoms with E-state index in [-0.39, 0.29) is 0 Å². The van der Waals surface area contributed by atoms with Gasteiger partial charge in [0.15, 0.2) is 0 Å². The molecule has 0 bridgehead atoms. The molecule has 1 fully saturated rings. The van der Waals surface area contributed by atoms with Gasteiger partial charge in [0, 0.05) is 17.3 Å². The van der Waals surface area contributed by atoms with Crippen LogP contribution < -0.4 is 5.32 Å². The van der Waals surface area contributed by atoms with Crippen molar-refractivity contribution < 1.29 is 0 Å². The summed E-state index contributed by atoms with van der Waals surface area (Å²) in [4.78, 5) is 0. The SMILES string of the molecule is Cc1cc(Cl)cc2c1NCC(CC1CCCCC1)C2. The standard InChI is InChI=1S/C17H24ClN/c1-12-7-16(18)10-15-9-14(11-19-17(12)15)8-13-5-3-2-4-6-13/h7,10,13-14,19H,2-6,8-9,11H2,1H3. The molecule has 2 heteroatoms. The Bertz CT molecular complexity index is 449. The molecule has 1 unspecified atom stereocenters. The summed E-state index contributed by atoms with van der Waals surface area (Å²) in [5.74, 6) is 1.77. The van der Waals surface area contributed by atoms with E-state index in [9.17, 15) is 0 Å². The van der Waals surface area contributed by atoms with Gasteiger partial charge in [0.25, 0.3) is 0 Å². The van der Waals surface area contributed by atoms with Crippen LogP contribution >= 0.6 is 11.6 Å². The maximum atomic E-state index is 6.19. The molecule has 19 heavy (non-hydrogen) atoms. The number of rotatable bonds is 2. The van der Waals surface area contributed by atoms with Crippen molar-refractivity contribution in [1.29, 1.82) is 0 Å². The van der Waals surface area contributed by atoms with Gasteiger partial charge in [-0.05, 0) is 54.9 Å². The lowest BCUT2D eigenvalue weighted by molar-refractivity contribution is 0.289. The first kappa shape index (κ1) is 13.3. The summed E-state index contributed by atoms with van der Waals surface area (Å²) in [6.07, 6.45) is 9.88. The zero-order valence-corrected chi connectivity index (χ0v) is 12.6. The second-order valence-electron chi connectivity index (χ2n) is 6.45. The monoisotopic (exact) mass is 277 g/mol. The molecule has 104 valence electrons. The minimum Gasteiger partial charge on any atom is -0.384 e. The smallest absolute Gasteiger partial charge is 0.0412 e.